The SMILES string of the molecule is ClCCN(CCN1CCCC1)C1CCCCC1. The van der Waals surface area contributed by atoms with Crippen LogP contribution in [-0.2, 0) is 0 Å². The molecule has 1 heterocycles. The first kappa shape index (κ1) is 13.6. The number of likely N-dealkylation sites (tertiary alicyclic amines) is 1. The average molecular weight is 259 g/mol. The lowest BCUT2D eigenvalue weighted by atomic mass is 9.94. The fourth-order valence-electron chi connectivity index (χ4n) is 3.31. The molecule has 1 aliphatic carbocycles. The highest BCUT2D eigenvalue weighted by molar-refractivity contribution is 6.18. The largest absolute Gasteiger partial charge is 0.302 e. The third-order valence-electron chi connectivity index (χ3n) is 4.36. The lowest BCUT2D eigenvalue weighted by Crippen LogP contribution is -2.42. The zero-order valence-electron chi connectivity index (χ0n) is 11.0. The van der Waals surface area contributed by atoms with Crippen LogP contribution in [0.25, 0.3) is 0 Å². The fourth-order valence-corrected chi connectivity index (χ4v) is 3.52. The summed E-state index contributed by atoms with van der Waals surface area (Å²) < 4.78 is 0. The average Bonchev–Trinajstić information content (AvgIpc) is 2.88. The summed E-state index contributed by atoms with van der Waals surface area (Å²) >= 11 is 5.96. The molecule has 0 aromatic carbocycles. The first-order chi connectivity index (χ1) is 8.40. The summed E-state index contributed by atoms with van der Waals surface area (Å²) in [6, 6.07) is 0.824. The first-order valence-corrected chi connectivity index (χ1v) is 7.96. The van der Waals surface area contributed by atoms with Crippen LogP contribution < -0.4 is 0 Å². The Labute approximate surface area is 111 Å². The van der Waals surface area contributed by atoms with Crippen LogP contribution in [0.1, 0.15) is 44.9 Å². The van der Waals surface area contributed by atoms with Gasteiger partial charge in [0.25, 0.3) is 0 Å². The Bertz CT molecular complexity index is 198. The molecule has 0 amide bonds. The Morgan fingerprint density at radius 3 is 2.29 bits per heavy atom. The normalized spacial score (nSPS) is 23.6. The molecule has 0 N–H and O–H groups in total. The smallest absolute Gasteiger partial charge is 0.0351 e. The molecule has 0 aromatic rings. The fraction of sp³-hybridized carbons (Fsp3) is 1.00. The van der Waals surface area contributed by atoms with Crippen LogP contribution in [0, 0.1) is 0 Å². The van der Waals surface area contributed by atoms with E-state index in [9.17, 15) is 0 Å². The molecule has 0 radical (unpaired) electrons. The van der Waals surface area contributed by atoms with E-state index < -0.39 is 0 Å². The number of hydrogen-bond donors (Lipinski definition) is 0. The van der Waals surface area contributed by atoms with Gasteiger partial charge in [0.05, 0.1) is 0 Å². The van der Waals surface area contributed by atoms with Crippen molar-refractivity contribution in [1.82, 2.24) is 9.80 Å². The van der Waals surface area contributed by atoms with E-state index in [-0.39, 0.29) is 0 Å². The summed E-state index contributed by atoms with van der Waals surface area (Å²) in [6.07, 6.45) is 9.89. The molecular formula is C14H27ClN2. The predicted octanol–water partition coefficient (Wildman–Crippen LogP) is 2.96. The van der Waals surface area contributed by atoms with Crippen molar-refractivity contribution in [2.45, 2.75) is 51.0 Å². The van der Waals surface area contributed by atoms with Gasteiger partial charge in [0.15, 0.2) is 0 Å². The first-order valence-electron chi connectivity index (χ1n) is 7.42. The van der Waals surface area contributed by atoms with Gasteiger partial charge in [-0.2, -0.15) is 0 Å². The summed E-state index contributed by atoms with van der Waals surface area (Å²) in [5.74, 6) is 0.788. The number of rotatable bonds is 6. The highest BCUT2D eigenvalue weighted by Crippen LogP contribution is 2.22. The maximum Gasteiger partial charge on any atom is 0.0351 e. The van der Waals surface area contributed by atoms with Crippen molar-refractivity contribution in [2.24, 2.45) is 0 Å². The van der Waals surface area contributed by atoms with Crippen molar-refractivity contribution in [3.63, 3.8) is 0 Å². The van der Waals surface area contributed by atoms with E-state index in [0.717, 1.165) is 18.5 Å². The monoisotopic (exact) mass is 258 g/mol. The zero-order valence-corrected chi connectivity index (χ0v) is 11.8. The van der Waals surface area contributed by atoms with Gasteiger partial charge in [-0.3, -0.25) is 4.90 Å². The molecule has 3 heteroatoms. The van der Waals surface area contributed by atoms with Crippen LogP contribution in [0.4, 0.5) is 0 Å². The van der Waals surface area contributed by atoms with Gasteiger partial charge in [-0.05, 0) is 38.8 Å². The van der Waals surface area contributed by atoms with Crippen LogP contribution in [0.15, 0.2) is 0 Å². The second-order valence-corrected chi connectivity index (χ2v) is 5.94. The summed E-state index contributed by atoms with van der Waals surface area (Å²) in [7, 11) is 0. The summed E-state index contributed by atoms with van der Waals surface area (Å²) in [4.78, 5) is 5.27. The lowest BCUT2D eigenvalue weighted by molar-refractivity contribution is 0.146. The number of hydrogen-bond acceptors (Lipinski definition) is 2. The van der Waals surface area contributed by atoms with Crippen molar-refractivity contribution >= 4 is 11.6 Å². The Balaban J connectivity index is 1.74. The molecule has 0 bridgehead atoms. The third-order valence-corrected chi connectivity index (χ3v) is 4.53. The van der Waals surface area contributed by atoms with Crippen molar-refractivity contribution < 1.29 is 0 Å². The Morgan fingerprint density at radius 1 is 0.941 bits per heavy atom. The molecule has 0 aromatic heterocycles. The molecule has 2 nitrogen and oxygen atoms in total. The molecule has 1 aliphatic heterocycles. The third kappa shape index (κ3) is 4.42. The lowest BCUT2D eigenvalue weighted by Gasteiger charge is -2.35. The standard InChI is InChI=1S/C14H27ClN2/c15-8-11-17(14-6-2-1-3-7-14)13-12-16-9-4-5-10-16/h14H,1-13H2. The molecule has 2 rings (SSSR count). The minimum absolute atomic E-state index is 0.788. The van der Waals surface area contributed by atoms with E-state index >= 15 is 0 Å². The van der Waals surface area contributed by atoms with Crippen molar-refractivity contribution in [3.8, 4) is 0 Å². The van der Waals surface area contributed by atoms with Crippen LogP contribution >= 0.6 is 11.6 Å². The van der Waals surface area contributed by atoms with E-state index in [4.69, 9.17) is 11.6 Å². The van der Waals surface area contributed by atoms with E-state index in [2.05, 4.69) is 9.80 Å². The quantitative estimate of drug-likeness (QED) is 0.676. The minimum atomic E-state index is 0.788. The van der Waals surface area contributed by atoms with Crippen LogP contribution in [0.5, 0.6) is 0 Å². The van der Waals surface area contributed by atoms with Crippen LogP contribution in [-0.4, -0.2) is 54.4 Å². The second kappa shape index (κ2) is 7.60. The van der Waals surface area contributed by atoms with Gasteiger partial charge in [-0.1, -0.05) is 19.3 Å². The van der Waals surface area contributed by atoms with Gasteiger partial charge in [0.2, 0.25) is 0 Å². The molecule has 1 saturated carbocycles. The predicted molar refractivity (Wildman–Crippen MR) is 74.8 cm³/mol. The van der Waals surface area contributed by atoms with Crippen molar-refractivity contribution in [1.29, 1.82) is 0 Å². The Morgan fingerprint density at radius 2 is 1.65 bits per heavy atom. The molecule has 0 spiro atoms. The number of halogens is 1. The highest BCUT2D eigenvalue weighted by Gasteiger charge is 2.21. The summed E-state index contributed by atoms with van der Waals surface area (Å²) in [5.41, 5.74) is 0. The highest BCUT2D eigenvalue weighted by atomic mass is 35.5. The van der Waals surface area contributed by atoms with Gasteiger partial charge >= 0.3 is 0 Å². The van der Waals surface area contributed by atoms with Gasteiger partial charge in [0.1, 0.15) is 0 Å². The molecule has 1 saturated heterocycles. The second-order valence-electron chi connectivity index (χ2n) is 5.57. The van der Waals surface area contributed by atoms with Crippen molar-refractivity contribution in [2.75, 3.05) is 38.6 Å². The topological polar surface area (TPSA) is 6.48 Å². The molecule has 17 heavy (non-hydrogen) atoms. The zero-order chi connectivity index (χ0) is 11.9. The van der Waals surface area contributed by atoms with Gasteiger partial charge in [-0.15, -0.1) is 11.6 Å². The van der Waals surface area contributed by atoms with E-state index in [0.29, 0.717) is 0 Å². The molecule has 2 aliphatic rings. The molecular weight excluding hydrogens is 232 g/mol. The molecule has 2 fully saturated rings. The van der Waals surface area contributed by atoms with Gasteiger partial charge in [-0.25, -0.2) is 0 Å². The maximum absolute atomic E-state index is 5.96. The summed E-state index contributed by atoms with van der Waals surface area (Å²) in [6.45, 7) is 6.21. The number of nitrogens with zero attached hydrogens (tertiary/aromatic N) is 2. The van der Waals surface area contributed by atoms with E-state index in [1.54, 1.807) is 0 Å². The van der Waals surface area contributed by atoms with Crippen LogP contribution in [0.3, 0.4) is 0 Å². The van der Waals surface area contributed by atoms with Gasteiger partial charge < -0.3 is 4.90 Å². The Kier molecular flexibility index (Phi) is 6.10. The maximum atomic E-state index is 5.96. The van der Waals surface area contributed by atoms with Crippen molar-refractivity contribution in [3.05, 3.63) is 0 Å². The minimum Gasteiger partial charge on any atom is -0.302 e. The number of alkyl halides is 1. The van der Waals surface area contributed by atoms with E-state index in [1.807, 2.05) is 0 Å². The van der Waals surface area contributed by atoms with E-state index in [1.165, 1.54) is 71.1 Å². The molecule has 0 unspecified atom stereocenters. The summed E-state index contributed by atoms with van der Waals surface area (Å²) in [5, 5.41) is 0. The molecule has 0 atom stereocenters. The Hall–Kier alpha value is 0.210. The van der Waals surface area contributed by atoms with Gasteiger partial charge in [0, 0.05) is 31.6 Å². The van der Waals surface area contributed by atoms with Crippen LogP contribution in [0.2, 0.25) is 0 Å². The molecule has 100 valence electrons.